The number of rotatable bonds is 11. The molecule has 2 N–H and O–H groups in total. The first-order chi connectivity index (χ1) is 13.7. The number of ether oxygens (including phenoxy) is 2. The Kier molecular flexibility index (Phi) is 10.7. The summed E-state index contributed by atoms with van der Waals surface area (Å²) in [7, 11) is 3.50. The molecule has 1 fully saturated rings. The molecule has 1 aromatic carbocycles. The van der Waals surface area contributed by atoms with Gasteiger partial charge in [-0.2, -0.15) is 0 Å². The lowest BCUT2D eigenvalue weighted by molar-refractivity contribution is 0.0698. The molecule has 1 saturated heterocycles. The minimum absolute atomic E-state index is 0.467. The fraction of sp³-hybridized carbons (Fsp3) is 0.667. The highest BCUT2D eigenvalue weighted by atomic mass is 16.5. The Morgan fingerprint density at radius 2 is 1.82 bits per heavy atom. The van der Waals surface area contributed by atoms with E-state index >= 15 is 0 Å². The maximum atomic E-state index is 5.47. The average Bonchev–Trinajstić information content (AvgIpc) is 2.75. The highest BCUT2D eigenvalue weighted by Crippen LogP contribution is 2.16. The first-order valence-corrected chi connectivity index (χ1v) is 10.3. The van der Waals surface area contributed by atoms with Crippen LogP contribution < -0.4 is 15.5 Å². The number of para-hydroxylation sites is 1. The van der Waals surface area contributed by atoms with E-state index in [0.717, 1.165) is 58.3 Å². The number of hydrogen-bond donors (Lipinski definition) is 2. The SMILES string of the molecule is CN=C(NCCCOCCOC)NCC(C)N1CCN(c2ccccc2)CC1. The maximum absolute atomic E-state index is 5.47. The van der Waals surface area contributed by atoms with Crippen LogP contribution in [-0.2, 0) is 9.47 Å². The molecule has 1 aromatic rings. The van der Waals surface area contributed by atoms with Crippen molar-refractivity contribution in [3.8, 4) is 0 Å². The predicted octanol–water partition coefficient (Wildman–Crippen LogP) is 1.42. The van der Waals surface area contributed by atoms with Gasteiger partial charge in [-0.1, -0.05) is 18.2 Å². The highest BCUT2D eigenvalue weighted by Gasteiger charge is 2.21. The molecular weight excluding hydrogens is 354 g/mol. The smallest absolute Gasteiger partial charge is 0.191 e. The second kappa shape index (κ2) is 13.4. The van der Waals surface area contributed by atoms with Crippen molar-refractivity contribution in [1.29, 1.82) is 0 Å². The number of anilines is 1. The zero-order chi connectivity index (χ0) is 20.0. The Hall–Kier alpha value is -1.83. The molecule has 158 valence electrons. The summed E-state index contributed by atoms with van der Waals surface area (Å²) < 4.78 is 10.4. The Bertz CT molecular complexity index is 547. The van der Waals surface area contributed by atoms with Gasteiger partial charge in [0.2, 0.25) is 0 Å². The van der Waals surface area contributed by atoms with E-state index in [9.17, 15) is 0 Å². The second-order valence-corrected chi connectivity index (χ2v) is 7.05. The standard InChI is InChI=1S/C21H37N5O2/c1-19(18-24-21(22-2)23-10-7-15-28-17-16-27-3)25-11-13-26(14-12-25)20-8-5-4-6-9-20/h4-6,8-9,19H,7,10-18H2,1-3H3,(H2,22,23,24). The van der Waals surface area contributed by atoms with Gasteiger partial charge >= 0.3 is 0 Å². The van der Waals surface area contributed by atoms with E-state index in [1.807, 2.05) is 7.05 Å². The zero-order valence-corrected chi connectivity index (χ0v) is 17.7. The molecule has 1 aliphatic rings. The van der Waals surface area contributed by atoms with Crippen LogP contribution in [0.4, 0.5) is 5.69 Å². The number of benzene rings is 1. The van der Waals surface area contributed by atoms with Crippen molar-refractivity contribution >= 4 is 11.6 Å². The lowest BCUT2D eigenvalue weighted by Crippen LogP contribution is -2.53. The van der Waals surface area contributed by atoms with Crippen LogP contribution in [-0.4, -0.2) is 90.1 Å². The van der Waals surface area contributed by atoms with E-state index in [2.05, 4.69) is 62.7 Å². The van der Waals surface area contributed by atoms with Crippen molar-refractivity contribution in [2.75, 3.05) is 78.1 Å². The van der Waals surface area contributed by atoms with Crippen LogP contribution in [0.25, 0.3) is 0 Å². The molecule has 28 heavy (non-hydrogen) atoms. The van der Waals surface area contributed by atoms with Gasteiger partial charge in [-0.3, -0.25) is 9.89 Å². The van der Waals surface area contributed by atoms with Gasteiger partial charge < -0.3 is 25.0 Å². The van der Waals surface area contributed by atoms with E-state index < -0.39 is 0 Å². The van der Waals surface area contributed by atoms with E-state index in [4.69, 9.17) is 9.47 Å². The first-order valence-electron chi connectivity index (χ1n) is 10.3. The molecule has 0 saturated carbocycles. The number of nitrogens with zero attached hydrogens (tertiary/aromatic N) is 3. The quantitative estimate of drug-likeness (QED) is 0.338. The third kappa shape index (κ3) is 8.04. The molecule has 1 aliphatic heterocycles. The minimum atomic E-state index is 0.467. The number of piperazine rings is 1. The van der Waals surface area contributed by atoms with Gasteiger partial charge in [-0.05, 0) is 25.5 Å². The van der Waals surface area contributed by atoms with Gasteiger partial charge in [-0.25, -0.2) is 0 Å². The summed E-state index contributed by atoms with van der Waals surface area (Å²) in [4.78, 5) is 9.32. The Labute approximate surface area is 170 Å². The summed E-state index contributed by atoms with van der Waals surface area (Å²) >= 11 is 0. The third-order valence-electron chi connectivity index (χ3n) is 5.04. The summed E-state index contributed by atoms with van der Waals surface area (Å²) in [5.41, 5.74) is 1.32. The summed E-state index contributed by atoms with van der Waals surface area (Å²) in [6.45, 7) is 10.4. The molecule has 0 radical (unpaired) electrons. The normalized spacial score (nSPS) is 16.8. The average molecular weight is 392 g/mol. The van der Waals surface area contributed by atoms with Crippen LogP contribution >= 0.6 is 0 Å². The number of nitrogens with one attached hydrogen (secondary N) is 2. The van der Waals surface area contributed by atoms with Gasteiger partial charge in [0.15, 0.2) is 5.96 Å². The van der Waals surface area contributed by atoms with Crippen molar-refractivity contribution in [1.82, 2.24) is 15.5 Å². The van der Waals surface area contributed by atoms with E-state index in [1.54, 1.807) is 7.11 Å². The van der Waals surface area contributed by atoms with Crippen molar-refractivity contribution in [3.63, 3.8) is 0 Å². The summed E-state index contributed by atoms with van der Waals surface area (Å²) in [5, 5.41) is 6.79. The van der Waals surface area contributed by atoms with E-state index in [1.165, 1.54) is 5.69 Å². The molecule has 7 nitrogen and oxygen atoms in total. The lowest BCUT2D eigenvalue weighted by Gasteiger charge is -2.39. The van der Waals surface area contributed by atoms with Crippen molar-refractivity contribution in [2.45, 2.75) is 19.4 Å². The maximum Gasteiger partial charge on any atom is 0.191 e. The Balaban J connectivity index is 1.60. The molecular formula is C21H37N5O2. The number of guanidine groups is 1. The monoisotopic (exact) mass is 391 g/mol. The second-order valence-electron chi connectivity index (χ2n) is 7.05. The third-order valence-corrected chi connectivity index (χ3v) is 5.04. The van der Waals surface area contributed by atoms with Crippen LogP contribution in [0.1, 0.15) is 13.3 Å². The molecule has 0 aliphatic carbocycles. The molecule has 0 bridgehead atoms. The van der Waals surface area contributed by atoms with Gasteiger partial charge in [0.25, 0.3) is 0 Å². The van der Waals surface area contributed by atoms with Crippen LogP contribution in [0.2, 0.25) is 0 Å². The molecule has 2 rings (SSSR count). The molecule has 0 spiro atoms. The Morgan fingerprint density at radius 1 is 1.07 bits per heavy atom. The fourth-order valence-corrected chi connectivity index (χ4v) is 3.28. The predicted molar refractivity (Wildman–Crippen MR) is 116 cm³/mol. The molecule has 0 aromatic heterocycles. The molecule has 1 unspecified atom stereocenters. The van der Waals surface area contributed by atoms with Crippen LogP contribution in [0.3, 0.4) is 0 Å². The Morgan fingerprint density at radius 3 is 2.50 bits per heavy atom. The molecule has 1 heterocycles. The fourth-order valence-electron chi connectivity index (χ4n) is 3.28. The van der Waals surface area contributed by atoms with Crippen LogP contribution in [0, 0.1) is 0 Å². The number of methoxy groups -OCH3 is 1. The number of aliphatic imine (C=N–C) groups is 1. The van der Waals surface area contributed by atoms with E-state index in [-0.39, 0.29) is 0 Å². The molecule has 0 amide bonds. The molecule has 1 atom stereocenters. The first kappa shape index (κ1) is 22.5. The summed E-state index contributed by atoms with van der Waals surface area (Å²) in [6, 6.07) is 11.1. The van der Waals surface area contributed by atoms with Crippen molar-refractivity contribution < 1.29 is 9.47 Å². The van der Waals surface area contributed by atoms with Crippen molar-refractivity contribution in [2.24, 2.45) is 4.99 Å². The lowest BCUT2D eigenvalue weighted by atomic mass is 10.2. The topological polar surface area (TPSA) is 61.4 Å². The van der Waals surface area contributed by atoms with Crippen LogP contribution in [0.15, 0.2) is 35.3 Å². The van der Waals surface area contributed by atoms with Crippen molar-refractivity contribution in [3.05, 3.63) is 30.3 Å². The van der Waals surface area contributed by atoms with Gasteiger partial charge in [0, 0.05) is 71.8 Å². The van der Waals surface area contributed by atoms with E-state index in [0.29, 0.717) is 19.3 Å². The highest BCUT2D eigenvalue weighted by molar-refractivity contribution is 5.79. The zero-order valence-electron chi connectivity index (χ0n) is 17.7. The van der Waals surface area contributed by atoms with Crippen LogP contribution in [0.5, 0.6) is 0 Å². The summed E-state index contributed by atoms with van der Waals surface area (Å²) in [6.07, 6.45) is 0.946. The van der Waals surface area contributed by atoms with Gasteiger partial charge in [0.1, 0.15) is 0 Å². The minimum Gasteiger partial charge on any atom is -0.382 e. The molecule has 7 heteroatoms. The number of hydrogen-bond acceptors (Lipinski definition) is 5. The summed E-state index contributed by atoms with van der Waals surface area (Å²) in [5.74, 6) is 0.853. The van der Waals surface area contributed by atoms with Gasteiger partial charge in [-0.15, -0.1) is 0 Å². The van der Waals surface area contributed by atoms with Gasteiger partial charge in [0.05, 0.1) is 13.2 Å². The largest absolute Gasteiger partial charge is 0.382 e.